The molecule has 4 rings (SSSR count). The van der Waals surface area contributed by atoms with Crippen molar-refractivity contribution in [2.75, 3.05) is 56.6 Å². The molecule has 10 heteroatoms. The summed E-state index contributed by atoms with van der Waals surface area (Å²) in [5, 5.41) is 9.71. The van der Waals surface area contributed by atoms with Crippen LogP contribution in [0.5, 0.6) is 5.75 Å². The molecule has 2 aromatic carbocycles. The second-order valence-electron chi connectivity index (χ2n) is 7.88. The molecule has 0 saturated carbocycles. The molecule has 1 aliphatic rings. The largest absolute Gasteiger partial charge is 0.492 e. The Kier molecular flexibility index (Phi) is 7.71. The van der Waals surface area contributed by atoms with E-state index in [0.717, 1.165) is 56.2 Å². The van der Waals surface area contributed by atoms with Crippen molar-refractivity contribution in [2.45, 2.75) is 0 Å². The highest BCUT2D eigenvalue weighted by Gasteiger charge is 2.15. The molecule has 0 spiro atoms. The van der Waals surface area contributed by atoms with Gasteiger partial charge in [0.05, 0.1) is 31.1 Å². The van der Waals surface area contributed by atoms with Gasteiger partial charge in [0.1, 0.15) is 24.0 Å². The van der Waals surface area contributed by atoms with Crippen molar-refractivity contribution in [3.63, 3.8) is 0 Å². The number of aromatic nitrogens is 2. The lowest BCUT2D eigenvalue weighted by atomic mass is 10.1. The Bertz CT molecular complexity index is 1130. The van der Waals surface area contributed by atoms with E-state index >= 15 is 0 Å². The molecule has 1 aromatic heterocycles. The van der Waals surface area contributed by atoms with E-state index in [1.807, 2.05) is 25.2 Å². The minimum Gasteiger partial charge on any atom is -0.492 e. The quantitative estimate of drug-likeness (QED) is 0.499. The van der Waals surface area contributed by atoms with Gasteiger partial charge in [-0.1, -0.05) is 0 Å². The van der Waals surface area contributed by atoms with Crippen LogP contribution in [-0.2, 0) is 16.6 Å². The number of hydrogen-bond acceptors (Lipinski definition) is 6. The summed E-state index contributed by atoms with van der Waals surface area (Å²) < 4.78 is 40.0. The minimum atomic E-state index is -0.759. The number of nitrogens with zero attached hydrogens (tertiary/aromatic N) is 3. The van der Waals surface area contributed by atoms with E-state index in [1.54, 1.807) is 16.9 Å². The molecule has 0 unspecified atom stereocenters. The van der Waals surface area contributed by atoms with Crippen LogP contribution in [0.3, 0.4) is 0 Å². The monoisotopic (exact) mass is 471 g/mol. The zero-order valence-electron chi connectivity index (χ0n) is 18.9. The van der Waals surface area contributed by atoms with Crippen LogP contribution in [0.1, 0.15) is 0 Å². The van der Waals surface area contributed by atoms with E-state index in [0.29, 0.717) is 18.0 Å². The normalized spacial score (nSPS) is 14.1. The third-order valence-corrected chi connectivity index (χ3v) is 5.50. The van der Waals surface area contributed by atoms with Crippen LogP contribution in [0.4, 0.5) is 20.2 Å². The van der Waals surface area contributed by atoms with Gasteiger partial charge in [0.2, 0.25) is 5.91 Å². The Hall–Kier alpha value is -3.50. The van der Waals surface area contributed by atoms with Gasteiger partial charge in [0, 0.05) is 50.2 Å². The van der Waals surface area contributed by atoms with Crippen molar-refractivity contribution in [3.8, 4) is 17.0 Å². The number of halogens is 2. The Morgan fingerprint density at radius 3 is 2.71 bits per heavy atom. The number of nitrogens with one attached hydrogen (secondary N) is 2. The number of anilines is 2. The van der Waals surface area contributed by atoms with E-state index in [2.05, 4.69) is 20.6 Å². The maximum absolute atomic E-state index is 13.8. The molecular weight excluding hydrogens is 444 g/mol. The predicted octanol–water partition coefficient (Wildman–Crippen LogP) is 3.13. The van der Waals surface area contributed by atoms with Crippen LogP contribution in [0.25, 0.3) is 11.3 Å². The minimum absolute atomic E-state index is 0.0520. The summed E-state index contributed by atoms with van der Waals surface area (Å²) in [5.41, 5.74) is 2.24. The summed E-state index contributed by atoms with van der Waals surface area (Å²) in [7, 11) is 1.83. The van der Waals surface area contributed by atoms with E-state index in [-0.39, 0.29) is 18.1 Å². The molecule has 0 atom stereocenters. The van der Waals surface area contributed by atoms with Gasteiger partial charge in [-0.15, -0.1) is 0 Å². The molecule has 8 nitrogen and oxygen atoms in total. The number of benzene rings is 2. The number of ether oxygens (including phenoxy) is 2. The van der Waals surface area contributed by atoms with Gasteiger partial charge in [-0.05, 0) is 36.4 Å². The van der Waals surface area contributed by atoms with Crippen LogP contribution in [0.15, 0.2) is 48.7 Å². The number of rotatable bonds is 9. The highest BCUT2D eigenvalue weighted by Crippen LogP contribution is 2.32. The van der Waals surface area contributed by atoms with Crippen LogP contribution >= 0.6 is 0 Å². The molecule has 1 amide bonds. The number of hydrogen-bond donors (Lipinski definition) is 2. The van der Waals surface area contributed by atoms with Crippen LogP contribution < -0.4 is 15.4 Å². The zero-order valence-corrected chi connectivity index (χ0v) is 18.9. The fourth-order valence-electron chi connectivity index (χ4n) is 3.69. The van der Waals surface area contributed by atoms with Gasteiger partial charge in [-0.2, -0.15) is 5.10 Å². The second-order valence-corrected chi connectivity index (χ2v) is 7.88. The number of amides is 1. The average Bonchev–Trinajstić information content (AvgIpc) is 3.25. The van der Waals surface area contributed by atoms with Gasteiger partial charge in [0.15, 0.2) is 0 Å². The Labute approximate surface area is 196 Å². The summed E-state index contributed by atoms with van der Waals surface area (Å²) in [6.07, 6.45) is 1.69. The molecule has 1 saturated heterocycles. The fourth-order valence-corrected chi connectivity index (χ4v) is 3.69. The molecule has 3 aromatic rings. The maximum atomic E-state index is 13.8. The highest BCUT2D eigenvalue weighted by molar-refractivity contribution is 5.94. The first kappa shape index (κ1) is 23.7. The van der Waals surface area contributed by atoms with Gasteiger partial charge in [0.25, 0.3) is 0 Å². The van der Waals surface area contributed by atoms with Crippen molar-refractivity contribution >= 4 is 17.3 Å². The maximum Gasteiger partial charge on any atom is 0.243 e. The summed E-state index contributed by atoms with van der Waals surface area (Å²) >= 11 is 0. The van der Waals surface area contributed by atoms with E-state index in [4.69, 9.17) is 9.47 Å². The Morgan fingerprint density at radius 2 is 1.97 bits per heavy atom. The first-order chi connectivity index (χ1) is 16.5. The van der Waals surface area contributed by atoms with Gasteiger partial charge in [-0.25, -0.2) is 8.78 Å². The molecule has 180 valence electrons. The SMILES string of the molecule is Cn1nccc1-c1cc(NC(=O)CNc2ccc(F)cc2F)ccc1OCCN1CCOCC1. The summed E-state index contributed by atoms with van der Waals surface area (Å²) in [6, 6.07) is 10.4. The molecule has 0 bridgehead atoms. The van der Waals surface area contributed by atoms with Crippen molar-refractivity contribution in [1.82, 2.24) is 14.7 Å². The van der Waals surface area contributed by atoms with Crippen molar-refractivity contribution in [3.05, 3.63) is 60.3 Å². The predicted molar refractivity (Wildman–Crippen MR) is 125 cm³/mol. The second kappa shape index (κ2) is 11.1. The van der Waals surface area contributed by atoms with Gasteiger partial charge >= 0.3 is 0 Å². The van der Waals surface area contributed by atoms with E-state index in [1.165, 1.54) is 6.07 Å². The summed E-state index contributed by atoms with van der Waals surface area (Å²) in [6.45, 7) is 4.37. The lowest BCUT2D eigenvalue weighted by Crippen LogP contribution is -2.38. The van der Waals surface area contributed by atoms with Gasteiger partial charge < -0.3 is 20.1 Å². The molecular formula is C24H27F2N5O3. The van der Waals surface area contributed by atoms with Crippen LogP contribution in [0.2, 0.25) is 0 Å². The van der Waals surface area contributed by atoms with Gasteiger partial charge in [-0.3, -0.25) is 14.4 Å². The third kappa shape index (κ3) is 6.09. The van der Waals surface area contributed by atoms with Crippen molar-refractivity contribution in [1.29, 1.82) is 0 Å². The average molecular weight is 472 g/mol. The number of carbonyl (C=O) groups excluding carboxylic acids is 1. The topological polar surface area (TPSA) is 80.7 Å². The lowest BCUT2D eigenvalue weighted by Gasteiger charge is -2.26. The first-order valence-corrected chi connectivity index (χ1v) is 11.0. The standard InChI is InChI=1S/C24H27F2N5O3/c1-30-22(6-7-28-30)19-15-18(3-5-23(19)34-13-10-31-8-11-33-12-9-31)29-24(32)16-27-21-4-2-17(25)14-20(21)26/h2-7,14-15,27H,8-13,16H2,1H3,(H,29,32). The zero-order chi connectivity index (χ0) is 23.9. The number of morpholine rings is 1. The Morgan fingerprint density at radius 1 is 1.15 bits per heavy atom. The fraction of sp³-hybridized carbons (Fsp3) is 0.333. The molecule has 2 heterocycles. The molecule has 0 aliphatic carbocycles. The Balaban J connectivity index is 1.42. The highest BCUT2D eigenvalue weighted by atomic mass is 19.1. The van der Waals surface area contributed by atoms with Crippen LogP contribution in [-0.4, -0.2) is 66.6 Å². The van der Waals surface area contributed by atoms with Crippen molar-refractivity contribution < 1.29 is 23.0 Å². The van der Waals surface area contributed by atoms with E-state index < -0.39 is 11.6 Å². The first-order valence-electron chi connectivity index (χ1n) is 11.0. The molecule has 1 aliphatic heterocycles. The molecule has 2 N–H and O–H groups in total. The summed E-state index contributed by atoms with van der Waals surface area (Å²) in [5.74, 6) is -1.13. The smallest absolute Gasteiger partial charge is 0.243 e. The molecule has 1 fully saturated rings. The van der Waals surface area contributed by atoms with Crippen LogP contribution in [0, 0.1) is 11.6 Å². The molecule has 34 heavy (non-hydrogen) atoms. The summed E-state index contributed by atoms with van der Waals surface area (Å²) in [4.78, 5) is 14.7. The number of aryl methyl sites for hydroxylation is 1. The number of carbonyl (C=O) groups is 1. The van der Waals surface area contributed by atoms with E-state index in [9.17, 15) is 13.6 Å². The third-order valence-electron chi connectivity index (χ3n) is 5.50. The molecule has 0 radical (unpaired) electrons. The lowest BCUT2D eigenvalue weighted by molar-refractivity contribution is -0.114. The van der Waals surface area contributed by atoms with Crippen molar-refractivity contribution in [2.24, 2.45) is 7.05 Å².